The number of nitrogens with two attached hydrogens (primary N) is 1. The maximum absolute atomic E-state index is 13.3. The summed E-state index contributed by atoms with van der Waals surface area (Å²) < 4.78 is 35.9. The van der Waals surface area contributed by atoms with Crippen LogP contribution in [0.2, 0.25) is 0 Å². The van der Waals surface area contributed by atoms with E-state index in [2.05, 4.69) is 0 Å². The molecule has 3 nitrogen and oxygen atoms in total. The van der Waals surface area contributed by atoms with E-state index in [1.54, 1.807) is 24.3 Å². The molecule has 0 aliphatic rings. The molecule has 0 atom stereocenters. The molecule has 19 heavy (non-hydrogen) atoms. The van der Waals surface area contributed by atoms with Crippen LogP contribution in [0, 0.1) is 5.82 Å². The Balaban J connectivity index is 2.27. The van der Waals surface area contributed by atoms with E-state index in [1.165, 1.54) is 30.0 Å². The van der Waals surface area contributed by atoms with Crippen molar-refractivity contribution in [1.82, 2.24) is 0 Å². The van der Waals surface area contributed by atoms with E-state index in [4.69, 9.17) is 5.73 Å². The first-order chi connectivity index (χ1) is 8.88. The van der Waals surface area contributed by atoms with Crippen LogP contribution in [-0.2, 0) is 9.84 Å². The molecular formula is C13H12FNO2S2. The van der Waals surface area contributed by atoms with Crippen LogP contribution < -0.4 is 5.73 Å². The van der Waals surface area contributed by atoms with E-state index in [1.807, 2.05) is 0 Å². The van der Waals surface area contributed by atoms with Crippen molar-refractivity contribution in [3.63, 3.8) is 0 Å². The molecule has 2 rings (SSSR count). The zero-order valence-electron chi connectivity index (χ0n) is 10.1. The van der Waals surface area contributed by atoms with Crippen molar-refractivity contribution in [3.05, 3.63) is 48.3 Å². The Morgan fingerprint density at radius 1 is 1.11 bits per heavy atom. The van der Waals surface area contributed by atoms with E-state index in [0.717, 1.165) is 11.2 Å². The van der Waals surface area contributed by atoms with Crippen molar-refractivity contribution in [2.75, 3.05) is 12.0 Å². The number of nitrogen functional groups attached to an aromatic ring is 1. The summed E-state index contributed by atoms with van der Waals surface area (Å²) in [6.45, 7) is 0. The van der Waals surface area contributed by atoms with Crippen molar-refractivity contribution in [1.29, 1.82) is 0 Å². The van der Waals surface area contributed by atoms with Gasteiger partial charge in [0.15, 0.2) is 9.84 Å². The highest BCUT2D eigenvalue weighted by Crippen LogP contribution is 2.33. The number of para-hydroxylation sites is 1. The molecule has 0 amide bonds. The molecule has 0 saturated carbocycles. The predicted octanol–water partition coefficient (Wildman–Crippen LogP) is 2.96. The smallest absolute Gasteiger partial charge is 0.175 e. The van der Waals surface area contributed by atoms with Gasteiger partial charge in [-0.2, -0.15) is 0 Å². The van der Waals surface area contributed by atoms with Crippen molar-refractivity contribution >= 4 is 27.3 Å². The molecule has 2 N–H and O–H groups in total. The average molecular weight is 297 g/mol. The highest BCUT2D eigenvalue weighted by molar-refractivity contribution is 7.99. The fraction of sp³-hybridized carbons (Fsp3) is 0.0769. The van der Waals surface area contributed by atoms with Crippen LogP contribution in [0.5, 0.6) is 0 Å². The number of rotatable bonds is 3. The summed E-state index contributed by atoms with van der Waals surface area (Å²) in [4.78, 5) is 1.65. The lowest BCUT2D eigenvalue weighted by atomic mass is 10.3. The maximum atomic E-state index is 13.3. The number of anilines is 1. The van der Waals surface area contributed by atoms with Crippen LogP contribution in [0.4, 0.5) is 10.1 Å². The third-order valence-corrected chi connectivity index (χ3v) is 4.70. The quantitative estimate of drug-likeness (QED) is 0.885. The molecular weight excluding hydrogens is 285 g/mol. The summed E-state index contributed by atoms with van der Waals surface area (Å²) in [6.07, 6.45) is 1.15. The van der Waals surface area contributed by atoms with Gasteiger partial charge in [-0.25, -0.2) is 12.8 Å². The molecule has 0 aliphatic carbocycles. The fourth-order valence-corrected chi connectivity index (χ4v) is 3.00. The highest BCUT2D eigenvalue weighted by atomic mass is 32.2. The van der Waals surface area contributed by atoms with Gasteiger partial charge in [0.1, 0.15) is 5.82 Å². The van der Waals surface area contributed by atoms with Gasteiger partial charge in [0, 0.05) is 16.0 Å². The first-order valence-corrected chi connectivity index (χ1v) is 8.10. The topological polar surface area (TPSA) is 60.2 Å². The SMILES string of the molecule is CS(=O)(=O)c1ccc(Sc2cccc(F)c2N)cc1. The zero-order valence-corrected chi connectivity index (χ0v) is 11.8. The minimum absolute atomic E-state index is 0.0969. The number of hydrogen-bond acceptors (Lipinski definition) is 4. The number of sulfone groups is 1. The van der Waals surface area contributed by atoms with Crippen LogP contribution in [0.25, 0.3) is 0 Å². The van der Waals surface area contributed by atoms with Gasteiger partial charge in [-0.15, -0.1) is 0 Å². The Labute approximate surface area is 115 Å². The van der Waals surface area contributed by atoms with Gasteiger partial charge in [-0.3, -0.25) is 0 Å². The van der Waals surface area contributed by atoms with Crippen LogP contribution in [0.3, 0.4) is 0 Å². The van der Waals surface area contributed by atoms with E-state index in [-0.39, 0.29) is 10.6 Å². The van der Waals surface area contributed by atoms with Crippen molar-refractivity contribution in [2.24, 2.45) is 0 Å². The van der Waals surface area contributed by atoms with Crippen molar-refractivity contribution in [3.8, 4) is 0 Å². The number of benzene rings is 2. The van der Waals surface area contributed by atoms with Crippen molar-refractivity contribution in [2.45, 2.75) is 14.7 Å². The summed E-state index contributed by atoms with van der Waals surface area (Å²) in [5.74, 6) is -0.460. The monoisotopic (exact) mass is 297 g/mol. The van der Waals surface area contributed by atoms with E-state index in [0.29, 0.717) is 4.90 Å². The summed E-state index contributed by atoms with van der Waals surface area (Å²) in [5, 5.41) is 0. The number of hydrogen-bond donors (Lipinski definition) is 1. The minimum atomic E-state index is -3.20. The lowest BCUT2D eigenvalue weighted by Crippen LogP contribution is -1.96. The third-order valence-electron chi connectivity index (χ3n) is 2.49. The van der Waals surface area contributed by atoms with Crippen LogP contribution in [-0.4, -0.2) is 14.7 Å². The van der Waals surface area contributed by atoms with Gasteiger partial charge in [0.2, 0.25) is 0 Å². The summed E-state index contributed by atoms with van der Waals surface area (Å²) in [7, 11) is -3.20. The van der Waals surface area contributed by atoms with Crippen LogP contribution >= 0.6 is 11.8 Å². The lowest BCUT2D eigenvalue weighted by molar-refractivity contribution is 0.602. The lowest BCUT2D eigenvalue weighted by Gasteiger charge is -2.06. The Kier molecular flexibility index (Phi) is 3.82. The standard InChI is InChI=1S/C13H12FNO2S2/c1-19(16,17)10-7-5-9(6-8-10)18-12-4-2-3-11(14)13(12)15/h2-8H,15H2,1H3. The van der Waals surface area contributed by atoms with Gasteiger partial charge in [-0.05, 0) is 36.4 Å². The van der Waals surface area contributed by atoms with E-state index in [9.17, 15) is 12.8 Å². The fourth-order valence-electron chi connectivity index (χ4n) is 1.49. The van der Waals surface area contributed by atoms with Crippen LogP contribution in [0.15, 0.2) is 57.2 Å². The molecule has 0 spiro atoms. The molecule has 0 aliphatic heterocycles. The summed E-state index contributed by atoms with van der Waals surface area (Å²) in [5.41, 5.74) is 5.73. The number of halogens is 1. The van der Waals surface area contributed by atoms with E-state index >= 15 is 0 Å². The summed E-state index contributed by atoms with van der Waals surface area (Å²) >= 11 is 1.29. The molecule has 0 unspecified atom stereocenters. The van der Waals surface area contributed by atoms with Gasteiger partial charge >= 0.3 is 0 Å². The predicted molar refractivity (Wildman–Crippen MR) is 74.5 cm³/mol. The van der Waals surface area contributed by atoms with Gasteiger partial charge in [0.05, 0.1) is 10.6 Å². The second-order valence-corrected chi connectivity index (χ2v) is 7.13. The minimum Gasteiger partial charge on any atom is -0.395 e. The molecule has 6 heteroatoms. The second kappa shape index (κ2) is 5.22. The average Bonchev–Trinajstić information content (AvgIpc) is 2.35. The second-order valence-electron chi connectivity index (χ2n) is 4.00. The Hall–Kier alpha value is -1.53. The summed E-state index contributed by atoms with van der Waals surface area (Å²) in [6, 6.07) is 11.0. The molecule has 100 valence electrons. The molecule has 0 bridgehead atoms. The Morgan fingerprint density at radius 3 is 2.32 bits per heavy atom. The Morgan fingerprint density at radius 2 is 1.74 bits per heavy atom. The van der Waals surface area contributed by atoms with Gasteiger partial charge in [-0.1, -0.05) is 17.8 Å². The first-order valence-electron chi connectivity index (χ1n) is 5.40. The van der Waals surface area contributed by atoms with Crippen molar-refractivity contribution < 1.29 is 12.8 Å². The molecule has 0 radical (unpaired) electrons. The normalized spacial score (nSPS) is 11.5. The van der Waals surface area contributed by atoms with Crippen LogP contribution in [0.1, 0.15) is 0 Å². The molecule has 0 aromatic heterocycles. The van der Waals surface area contributed by atoms with E-state index < -0.39 is 15.7 Å². The van der Waals surface area contributed by atoms with Gasteiger partial charge < -0.3 is 5.73 Å². The molecule has 0 heterocycles. The molecule has 0 fully saturated rings. The Bertz CT molecular complexity index is 697. The third kappa shape index (κ3) is 3.27. The molecule has 2 aromatic rings. The zero-order chi connectivity index (χ0) is 14.0. The first kappa shape index (κ1) is 13.9. The largest absolute Gasteiger partial charge is 0.395 e. The maximum Gasteiger partial charge on any atom is 0.175 e. The highest BCUT2D eigenvalue weighted by Gasteiger charge is 2.09. The van der Waals surface area contributed by atoms with Gasteiger partial charge in [0.25, 0.3) is 0 Å². The molecule has 0 saturated heterocycles. The molecule has 2 aromatic carbocycles.